The van der Waals surface area contributed by atoms with Gasteiger partial charge in [-0.25, -0.2) is 0 Å². The maximum Gasteiger partial charge on any atom is 0.303 e. The minimum Gasteiger partial charge on any atom is -0.463 e. The summed E-state index contributed by atoms with van der Waals surface area (Å²) in [5.41, 5.74) is 1.58. The topological polar surface area (TPSA) is 184 Å². The standard InChI is InChI=1S/C34H41NO14/c1-18(36)35-26-29(45-21(4)39)27(44-20(3)38)25(16-41-19(2)37)47-34(26)49-31-30(42-15-22-11-7-5-8-12-22)28-24(46-32(31)40)17-43-33(48-28)23-13-9-6-10-14-23/h5-14,24-34,40H,15-17H2,1-4H3,(H,35,36). The van der Waals surface area contributed by atoms with E-state index in [4.69, 9.17) is 42.6 Å². The summed E-state index contributed by atoms with van der Waals surface area (Å²) in [6.45, 7) is 4.42. The number of hydrogen-bond acceptors (Lipinski definition) is 14. The predicted octanol–water partition coefficient (Wildman–Crippen LogP) is 1.44. The van der Waals surface area contributed by atoms with Crippen molar-refractivity contribution < 1.29 is 66.9 Å². The molecule has 0 aliphatic carbocycles. The minimum atomic E-state index is -1.62. The molecule has 3 aliphatic heterocycles. The summed E-state index contributed by atoms with van der Waals surface area (Å²) in [7, 11) is 0. The van der Waals surface area contributed by atoms with E-state index in [1.165, 1.54) is 13.8 Å². The second kappa shape index (κ2) is 16.6. The molecule has 3 aliphatic rings. The zero-order valence-electron chi connectivity index (χ0n) is 27.5. The Morgan fingerprint density at radius 2 is 1.45 bits per heavy atom. The van der Waals surface area contributed by atoms with E-state index in [0.29, 0.717) is 0 Å². The molecule has 3 saturated heterocycles. The maximum absolute atomic E-state index is 12.5. The van der Waals surface area contributed by atoms with E-state index in [0.717, 1.165) is 25.0 Å². The van der Waals surface area contributed by atoms with Gasteiger partial charge in [-0.05, 0) is 5.56 Å². The smallest absolute Gasteiger partial charge is 0.303 e. The number of esters is 3. The number of hydrogen-bond donors (Lipinski definition) is 2. The van der Waals surface area contributed by atoms with Gasteiger partial charge in [0.25, 0.3) is 0 Å². The van der Waals surface area contributed by atoms with Crippen LogP contribution in [0.15, 0.2) is 60.7 Å². The summed E-state index contributed by atoms with van der Waals surface area (Å²) in [5, 5.41) is 14.0. The van der Waals surface area contributed by atoms with Gasteiger partial charge in [0.05, 0.1) is 13.2 Å². The molecule has 0 radical (unpaired) electrons. The summed E-state index contributed by atoms with van der Waals surface area (Å²) in [5.74, 6) is -2.73. The molecule has 3 heterocycles. The molecule has 266 valence electrons. The molecular formula is C34H41NO14. The Balaban J connectivity index is 1.49. The van der Waals surface area contributed by atoms with Crippen molar-refractivity contribution in [2.75, 3.05) is 13.2 Å². The van der Waals surface area contributed by atoms with Crippen molar-refractivity contribution in [2.45, 2.75) is 102 Å². The van der Waals surface area contributed by atoms with E-state index in [2.05, 4.69) is 5.32 Å². The highest BCUT2D eigenvalue weighted by Crippen LogP contribution is 2.38. The van der Waals surface area contributed by atoms with Gasteiger partial charge in [-0.1, -0.05) is 60.7 Å². The predicted molar refractivity (Wildman–Crippen MR) is 165 cm³/mol. The lowest BCUT2D eigenvalue weighted by Crippen LogP contribution is -2.69. The Kier molecular flexibility index (Phi) is 12.3. The van der Waals surface area contributed by atoms with Crippen LogP contribution in [0.3, 0.4) is 0 Å². The molecule has 0 aromatic heterocycles. The normalized spacial score (nSPS) is 32.6. The van der Waals surface area contributed by atoms with Crippen molar-refractivity contribution in [1.82, 2.24) is 5.32 Å². The lowest BCUT2D eigenvalue weighted by Gasteiger charge is -2.50. The van der Waals surface area contributed by atoms with Gasteiger partial charge in [-0.15, -0.1) is 0 Å². The molecule has 0 saturated carbocycles. The first-order valence-corrected chi connectivity index (χ1v) is 15.9. The second-order valence-corrected chi connectivity index (χ2v) is 11.8. The van der Waals surface area contributed by atoms with Crippen molar-refractivity contribution in [3.05, 3.63) is 71.8 Å². The first kappa shape index (κ1) is 36.3. The van der Waals surface area contributed by atoms with Gasteiger partial charge in [0, 0.05) is 33.3 Å². The largest absolute Gasteiger partial charge is 0.463 e. The fourth-order valence-corrected chi connectivity index (χ4v) is 6.01. The monoisotopic (exact) mass is 687 g/mol. The fourth-order valence-electron chi connectivity index (χ4n) is 6.01. The van der Waals surface area contributed by atoms with Gasteiger partial charge in [-0.3, -0.25) is 19.2 Å². The number of ether oxygens (including phenoxy) is 9. The van der Waals surface area contributed by atoms with E-state index in [9.17, 15) is 24.3 Å². The quantitative estimate of drug-likeness (QED) is 0.256. The summed E-state index contributed by atoms with van der Waals surface area (Å²) in [4.78, 5) is 48.7. The van der Waals surface area contributed by atoms with Crippen molar-refractivity contribution in [2.24, 2.45) is 0 Å². The van der Waals surface area contributed by atoms with Crippen molar-refractivity contribution >= 4 is 23.8 Å². The summed E-state index contributed by atoms with van der Waals surface area (Å²) < 4.78 is 53.6. The summed E-state index contributed by atoms with van der Waals surface area (Å²) in [6.07, 6.45) is -11.7. The molecule has 11 unspecified atom stereocenters. The third-order valence-electron chi connectivity index (χ3n) is 8.02. The van der Waals surface area contributed by atoms with Crippen LogP contribution in [-0.4, -0.2) is 103 Å². The number of nitrogens with one attached hydrogen (secondary N) is 1. The number of carbonyl (C=O) groups excluding carboxylic acids is 4. The number of benzene rings is 2. The molecule has 11 atom stereocenters. The first-order valence-electron chi connectivity index (χ1n) is 15.9. The minimum absolute atomic E-state index is 0.0662. The van der Waals surface area contributed by atoms with Gasteiger partial charge < -0.3 is 53.1 Å². The van der Waals surface area contributed by atoms with Gasteiger partial charge in [0.15, 0.2) is 31.1 Å². The number of fused-ring (bicyclic) bond motifs is 1. The molecule has 3 fully saturated rings. The maximum atomic E-state index is 12.5. The van der Waals surface area contributed by atoms with Crippen LogP contribution < -0.4 is 5.32 Å². The highest BCUT2D eigenvalue weighted by molar-refractivity contribution is 5.73. The number of aliphatic hydroxyl groups excluding tert-OH is 1. The van der Waals surface area contributed by atoms with Crippen LogP contribution in [0.5, 0.6) is 0 Å². The van der Waals surface area contributed by atoms with Crippen LogP contribution in [0.25, 0.3) is 0 Å². The average Bonchev–Trinajstić information content (AvgIpc) is 3.06. The summed E-state index contributed by atoms with van der Waals surface area (Å²) >= 11 is 0. The Bertz CT molecular complexity index is 1430. The molecule has 49 heavy (non-hydrogen) atoms. The van der Waals surface area contributed by atoms with Gasteiger partial charge in [-0.2, -0.15) is 0 Å². The molecule has 2 aromatic carbocycles. The SMILES string of the molecule is CC(=O)NC1C(OC2C(O)OC3COC(c4ccccc4)OC3C2OCc2ccccc2)OC(COC(C)=O)C(OC(C)=O)C1OC(C)=O. The van der Waals surface area contributed by atoms with Crippen LogP contribution in [0.1, 0.15) is 45.1 Å². The average molecular weight is 688 g/mol. The van der Waals surface area contributed by atoms with Crippen LogP contribution in [0, 0.1) is 0 Å². The van der Waals surface area contributed by atoms with Crippen LogP contribution in [0.2, 0.25) is 0 Å². The van der Waals surface area contributed by atoms with Crippen molar-refractivity contribution in [3.63, 3.8) is 0 Å². The van der Waals surface area contributed by atoms with Crippen molar-refractivity contribution in [3.8, 4) is 0 Å². The molecule has 2 aromatic rings. The van der Waals surface area contributed by atoms with E-state index in [1.54, 1.807) is 0 Å². The Labute approximate surface area is 283 Å². The molecule has 1 amide bonds. The van der Waals surface area contributed by atoms with E-state index in [1.807, 2.05) is 60.7 Å². The number of rotatable bonds is 11. The Morgan fingerprint density at radius 1 is 0.796 bits per heavy atom. The first-order chi connectivity index (χ1) is 23.5. The van der Waals surface area contributed by atoms with Crippen LogP contribution >= 0.6 is 0 Å². The van der Waals surface area contributed by atoms with Gasteiger partial charge in [0.1, 0.15) is 43.2 Å². The third kappa shape index (κ3) is 9.39. The fraction of sp³-hybridized carbons (Fsp3) is 0.529. The van der Waals surface area contributed by atoms with E-state index >= 15 is 0 Å². The number of carbonyl (C=O) groups is 4. The van der Waals surface area contributed by atoms with E-state index in [-0.39, 0.29) is 13.2 Å². The number of amides is 1. The molecule has 15 heteroatoms. The third-order valence-corrected chi connectivity index (χ3v) is 8.02. The molecule has 2 N–H and O–H groups in total. The second-order valence-electron chi connectivity index (χ2n) is 11.8. The molecular weight excluding hydrogens is 646 g/mol. The van der Waals surface area contributed by atoms with Gasteiger partial charge >= 0.3 is 17.9 Å². The summed E-state index contributed by atoms with van der Waals surface area (Å²) in [6, 6.07) is 17.3. The van der Waals surface area contributed by atoms with E-state index < -0.39 is 98.1 Å². The number of aliphatic hydroxyl groups is 1. The zero-order chi connectivity index (χ0) is 35.1. The molecule has 0 spiro atoms. The molecule has 0 bridgehead atoms. The lowest BCUT2D eigenvalue weighted by atomic mass is 9.94. The lowest BCUT2D eigenvalue weighted by molar-refractivity contribution is -0.386. The highest BCUT2D eigenvalue weighted by atomic mass is 16.8. The van der Waals surface area contributed by atoms with Crippen LogP contribution in [-0.2, 0) is 68.4 Å². The molecule has 5 rings (SSSR count). The van der Waals surface area contributed by atoms with Crippen molar-refractivity contribution in [1.29, 1.82) is 0 Å². The zero-order valence-corrected chi connectivity index (χ0v) is 27.5. The van der Waals surface area contributed by atoms with Gasteiger partial charge in [0.2, 0.25) is 5.91 Å². The Hall–Kier alpha value is -3.96. The van der Waals surface area contributed by atoms with Crippen LogP contribution in [0.4, 0.5) is 0 Å². The Morgan fingerprint density at radius 3 is 2.08 bits per heavy atom. The highest BCUT2D eigenvalue weighted by Gasteiger charge is 2.56. The molecule has 15 nitrogen and oxygen atoms in total.